The highest BCUT2D eigenvalue weighted by atomic mass is 16.7. The fourth-order valence-electron chi connectivity index (χ4n) is 2.92. The molecule has 1 aliphatic rings. The molecule has 0 bridgehead atoms. The molecule has 138 valence electrons. The highest BCUT2D eigenvalue weighted by molar-refractivity contribution is 6.62. The van der Waals surface area contributed by atoms with Gasteiger partial charge in [-0.05, 0) is 69.6 Å². The number of phenolic OH excluding ortho intramolecular Hbond substituents is 1. The van der Waals surface area contributed by atoms with Crippen molar-refractivity contribution >= 4 is 12.6 Å². The molecule has 0 unspecified atom stereocenters. The minimum Gasteiger partial charge on any atom is -0.508 e. The topological polar surface area (TPSA) is 69.4 Å². The fourth-order valence-corrected chi connectivity index (χ4v) is 2.92. The third kappa shape index (κ3) is 3.24. The first-order chi connectivity index (χ1) is 12.7. The van der Waals surface area contributed by atoms with Gasteiger partial charge >= 0.3 is 7.12 Å². The van der Waals surface area contributed by atoms with E-state index in [1.165, 1.54) is 0 Å². The summed E-state index contributed by atoms with van der Waals surface area (Å²) in [6, 6.07) is 14.8. The standard InChI is InChI=1S/C20H22BN3O3/c1-19(2)20(3,4)27-21(26-19)15-7-9-16(10-8-15)24-13-18(22-23-24)14-5-11-17(25)12-6-14/h5-13,25H,1-4H3. The highest BCUT2D eigenvalue weighted by Gasteiger charge is 2.51. The van der Waals surface area contributed by atoms with Crippen LogP contribution in [0.15, 0.2) is 54.7 Å². The number of hydrogen-bond acceptors (Lipinski definition) is 5. The van der Waals surface area contributed by atoms with Crippen LogP contribution in [0, 0.1) is 0 Å². The van der Waals surface area contributed by atoms with E-state index in [1.807, 2.05) is 70.3 Å². The molecule has 7 heteroatoms. The molecule has 0 radical (unpaired) electrons. The predicted molar refractivity (Wildman–Crippen MR) is 104 cm³/mol. The van der Waals surface area contributed by atoms with Crippen molar-refractivity contribution in [3.8, 4) is 22.7 Å². The molecular formula is C20H22BN3O3. The molecule has 1 aromatic heterocycles. The maximum atomic E-state index is 9.41. The molecule has 0 amide bonds. The Morgan fingerprint density at radius 1 is 0.889 bits per heavy atom. The third-order valence-electron chi connectivity index (χ3n) is 5.34. The Labute approximate surface area is 158 Å². The monoisotopic (exact) mass is 363 g/mol. The highest BCUT2D eigenvalue weighted by Crippen LogP contribution is 2.36. The fraction of sp³-hybridized carbons (Fsp3) is 0.300. The van der Waals surface area contributed by atoms with Gasteiger partial charge in [0.2, 0.25) is 0 Å². The Balaban J connectivity index is 1.54. The second-order valence-electron chi connectivity index (χ2n) is 7.78. The summed E-state index contributed by atoms with van der Waals surface area (Å²) in [4.78, 5) is 0. The Bertz CT molecular complexity index is 933. The van der Waals surface area contributed by atoms with E-state index in [2.05, 4.69) is 10.3 Å². The first-order valence-electron chi connectivity index (χ1n) is 8.93. The molecule has 1 saturated heterocycles. The van der Waals surface area contributed by atoms with E-state index >= 15 is 0 Å². The van der Waals surface area contributed by atoms with Crippen LogP contribution in [0.5, 0.6) is 5.75 Å². The van der Waals surface area contributed by atoms with Crippen LogP contribution >= 0.6 is 0 Å². The Hall–Kier alpha value is -2.64. The van der Waals surface area contributed by atoms with Gasteiger partial charge in [0, 0.05) is 5.56 Å². The van der Waals surface area contributed by atoms with Crippen molar-refractivity contribution in [2.75, 3.05) is 0 Å². The summed E-state index contributed by atoms with van der Waals surface area (Å²) in [7, 11) is -0.382. The predicted octanol–water partition coefficient (Wildman–Crippen LogP) is 2.94. The van der Waals surface area contributed by atoms with Crippen molar-refractivity contribution in [3.63, 3.8) is 0 Å². The average Bonchev–Trinajstić information content (AvgIpc) is 3.19. The van der Waals surface area contributed by atoms with Crippen molar-refractivity contribution in [3.05, 3.63) is 54.7 Å². The number of benzene rings is 2. The molecule has 0 spiro atoms. The molecule has 27 heavy (non-hydrogen) atoms. The summed E-state index contributed by atoms with van der Waals surface area (Å²) in [5.41, 5.74) is 2.78. The van der Waals surface area contributed by atoms with Crippen LogP contribution in [0.1, 0.15) is 27.7 Å². The largest absolute Gasteiger partial charge is 0.508 e. The minimum absolute atomic E-state index is 0.226. The van der Waals surface area contributed by atoms with Crippen molar-refractivity contribution in [1.82, 2.24) is 15.0 Å². The van der Waals surface area contributed by atoms with Crippen LogP contribution < -0.4 is 5.46 Å². The van der Waals surface area contributed by atoms with Crippen LogP contribution in [0.4, 0.5) is 0 Å². The van der Waals surface area contributed by atoms with Crippen molar-refractivity contribution < 1.29 is 14.4 Å². The zero-order valence-corrected chi connectivity index (χ0v) is 15.9. The van der Waals surface area contributed by atoms with Crippen molar-refractivity contribution in [1.29, 1.82) is 0 Å². The van der Waals surface area contributed by atoms with Crippen LogP contribution in [-0.4, -0.2) is 38.4 Å². The van der Waals surface area contributed by atoms with Gasteiger partial charge in [-0.3, -0.25) is 0 Å². The zero-order chi connectivity index (χ0) is 19.2. The summed E-state index contributed by atoms with van der Waals surface area (Å²) >= 11 is 0. The molecule has 0 aliphatic carbocycles. The van der Waals surface area contributed by atoms with E-state index in [4.69, 9.17) is 9.31 Å². The van der Waals surface area contributed by atoms with Gasteiger partial charge in [-0.25, -0.2) is 4.68 Å². The first-order valence-corrected chi connectivity index (χ1v) is 8.93. The van der Waals surface area contributed by atoms with E-state index in [9.17, 15) is 5.11 Å². The number of phenols is 1. The van der Waals surface area contributed by atoms with E-state index < -0.39 is 0 Å². The lowest BCUT2D eigenvalue weighted by Gasteiger charge is -2.32. The number of nitrogens with zero attached hydrogens (tertiary/aromatic N) is 3. The summed E-state index contributed by atoms with van der Waals surface area (Å²) in [5, 5.41) is 17.8. The summed E-state index contributed by atoms with van der Waals surface area (Å²) < 4.78 is 13.9. The third-order valence-corrected chi connectivity index (χ3v) is 5.34. The molecule has 1 N–H and O–H groups in total. The van der Waals surface area contributed by atoms with Gasteiger partial charge in [0.15, 0.2) is 0 Å². The quantitative estimate of drug-likeness (QED) is 0.725. The molecule has 1 aliphatic heterocycles. The van der Waals surface area contributed by atoms with E-state index in [0.29, 0.717) is 0 Å². The van der Waals surface area contributed by atoms with Crippen molar-refractivity contribution in [2.45, 2.75) is 38.9 Å². The first kappa shape index (κ1) is 17.8. The lowest BCUT2D eigenvalue weighted by atomic mass is 9.79. The molecular weight excluding hydrogens is 341 g/mol. The summed E-state index contributed by atoms with van der Waals surface area (Å²) in [5.74, 6) is 0.226. The number of aromatic hydroxyl groups is 1. The maximum absolute atomic E-state index is 9.41. The van der Waals surface area contributed by atoms with Crippen LogP contribution in [-0.2, 0) is 9.31 Å². The lowest BCUT2D eigenvalue weighted by molar-refractivity contribution is 0.00578. The van der Waals surface area contributed by atoms with E-state index in [0.717, 1.165) is 22.4 Å². The number of hydrogen-bond donors (Lipinski definition) is 1. The number of rotatable bonds is 3. The van der Waals surface area contributed by atoms with E-state index in [-0.39, 0.29) is 24.1 Å². The molecule has 4 rings (SSSR count). The molecule has 2 heterocycles. The summed E-state index contributed by atoms with van der Waals surface area (Å²) in [6.07, 6.45) is 1.86. The Morgan fingerprint density at radius 2 is 1.48 bits per heavy atom. The zero-order valence-electron chi connectivity index (χ0n) is 15.9. The molecule has 0 atom stereocenters. The van der Waals surface area contributed by atoms with Crippen LogP contribution in [0.2, 0.25) is 0 Å². The van der Waals surface area contributed by atoms with Gasteiger partial charge in [-0.15, -0.1) is 5.10 Å². The lowest BCUT2D eigenvalue weighted by Crippen LogP contribution is -2.41. The summed E-state index contributed by atoms with van der Waals surface area (Å²) in [6.45, 7) is 8.17. The molecule has 3 aromatic rings. The number of aromatic nitrogens is 3. The Kier molecular flexibility index (Phi) is 4.09. The van der Waals surface area contributed by atoms with Gasteiger partial charge in [0.25, 0.3) is 0 Å². The molecule has 6 nitrogen and oxygen atoms in total. The van der Waals surface area contributed by atoms with Gasteiger partial charge in [0.1, 0.15) is 11.4 Å². The van der Waals surface area contributed by atoms with Crippen LogP contribution in [0.25, 0.3) is 16.9 Å². The molecule has 2 aromatic carbocycles. The molecule has 0 saturated carbocycles. The second-order valence-corrected chi connectivity index (χ2v) is 7.78. The van der Waals surface area contributed by atoms with Gasteiger partial charge < -0.3 is 14.4 Å². The smallest absolute Gasteiger partial charge is 0.494 e. The van der Waals surface area contributed by atoms with Gasteiger partial charge in [0.05, 0.1) is 23.1 Å². The van der Waals surface area contributed by atoms with E-state index in [1.54, 1.807) is 16.8 Å². The van der Waals surface area contributed by atoms with Gasteiger partial charge in [-0.1, -0.05) is 17.3 Å². The molecule has 1 fully saturated rings. The van der Waals surface area contributed by atoms with Crippen molar-refractivity contribution in [2.24, 2.45) is 0 Å². The van der Waals surface area contributed by atoms with Gasteiger partial charge in [-0.2, -0.15) is 0 Å². The van der Waals surface area contributed by atoms with Crippen LogP contribution in [0.3, 0.4) is 0 Å². The normalized spacial score (nSPS) is 18.0. The second kappa shape index (κ2) is 6.21. The Morgan fingerprint density at radius 3 is 2.07 bits per heavy atom. The maximum Gasteiger partial charge on any atom is 0.494 e. The minimum atomic E-state index is -0.382. The average molecular weight is 363 g/mol. The SMILES string of the molecule is CC1(C)OB(c2ccc(-n3cc(-c4ccc(O)cc4)nn3)cc2)OC1(C)C.